The Morgan fingerprint density at radius 1 is 1.07 bits per heavy atom. The van der Waals surface area contributed by atoms with Crippen molar-refractivity contribution in [3.05, 3.63) is 22.6 Å². The van der Waals surface area contributed by atoms with Gasteiger partial charge >= 0.3 is 0 Å². The molecule has 0 fully saturated rings. The van der Waals surface area contributed by atoms with E-state index in [-0.39, 0.29) is 5.54 Å². The molecule has 0 unspecified atom stereocenters. The van der Waals surface area contributed by atoms with Crippen LogP contribution in [0.3, 0.4) is 0 Å². The van der Waals surface area contributed by atoms with Gasteiger partial charge in [0, 0.05) is 17.1 Å². The summed E-state index contributed by atoms with van der Waals surface area (Å²) in [5.41, 5.74) is 2.54. The first kappa shape index (κ1) is 12.3. The van der Waals surface area contributed by atoms with Crippen molar-refractivity contribution < 1.29 is 4.42 Å². The second kappa shape index (κ2) is 4.01. The van der Waals surface area contributed by atoms with Crippen LogP contribution in [0, 0.1) is 20.8 Å². The summed E-state index contributed by atoms with van der Waals surface area (Å²) < 4.78 is 5.67. The summed E-state index contributed by atoms with van der Waals surface area (Å²) in [5.74, 6) is 2.06. The van der Waals surface area contributed by atoms with Crippen LogP contribution >= 0.6 is 0 Å². The molecule has 0 spiro atoms. The van der Waals surface area contributed by atoms with E-state index in [1.54, 1.807) is 0 Å². The topological polar surface area (TPSA) is 25.2 Å². The maximum Gasteiger partial charge on any atom is 0.106 e. The Bertz CT molecular complexity index is 348. The van der Waals surface area contributed by atoms with Crippen LogP contribution in [-0.2, 0) is 5.54 Å². The molecular formula is C13H23NO. The molecule has 86 valence electrons. The van der Waals surface area contributed by atoms with Gasteiger partial charge in [0.2, 0.25) is 0 Å². The molecule has 15 heavy (non-hydrogen) atoms. The molecule has 0 saturated carbocycles. The van der Waals surface area contributed by atoms with Gasteiger partial charge in [-0.1, -0.05) is 13.8 Å². The van der Waals surface area contributed by atoms with E-state index in [1.165, 1.54) is 11.1 Å². The quantitative estimate of drug-likeness (QED) is 0.825. The number of hydrogen-bond donors (Lipinski definition) is 1. The fraction of sp³-hybridized carbons (Fsp3) is 0.692. The van der Waals surface area contributed by atoms with Crippen LogP contribution in [0.15, 0.2) is 4.42 Å². The second-order valence-corrected chi connectivity index (χ2v) is 5.14. The molecule has 2 nitrogen and oxygen atoms in total. The van der Waals surface area contributed by atoms with Crippen LogP contribution in [0.25, 0.3) is 0 Å². The highest BCUT2D eigenvalue weighted by molar-refractivity contribution is 5.36. The van der Waals surface area contributed by atoms with Crippen molar-refractivity contribution in [3.63, 3.8) is 0 Å². The first-order valence-corrected chi connectivity index (χ1v) is 5.60. The predicted molar refractivity (Wildman–Crippen MR) is 64.2 cm³/mol. The summed E-state index contributed by atoms with van der Waals surface area (Å²) in [6, 6.07) is 0.467. The predicted octanol–water partition coefficient (Wildman–Crippen LogP) is 3.44. The molecule has 0 aliphatic heterocycles. The van der Waals surface area contributed by atoms with Gasteiger partial charge in [0.25, 0.3) is 0 Å². The molecule has 0 atom stereocenters. The summed E-state index contributed by atoms with van der Waals surface area (Å²) in [6.45, 7) is 14.9. The average molecular weight is 209 g/mol. The third kappa shape index (κ3) is 2.43. The zero-order chi connectivity index (χ0) is 11.8. The SMILES string of the molecule is Cc1oc(C)c(C(C)(C)NC(C)C)c1C. The number of hydrogen-bond acceptors (Lipinski definition) is 2. The molecule has 1 rings (SSSR count). The maximum atomic E-state index is 5.67. The van der Waals surface area contributed by atoms with Crippen LogP contribution in [0.1, 0.15) is 50.3 Å². The monoisotopic (exact) mass is 209 g/mol. The minimum absolute atomic E-state index is 0.0277. The maximum absolute atomic E-state index is 5.67. The van der Waals surface area contributed by atoms with Crippen LogP contribution < -0.4 is 5.32 Å². The van der Waals surface area contributed by atoms with E-state index < -0.39 is 0 Å². The standard InChI is InChI=1S/C13H23NO/c1-8(2)14-13(6,7)12-9(3)10(4)15-11(12)5/h8,14H,1-7H3. The van der Waals surface area contributed by atoms with Gasteiger partial charge < -0.3 is 9.73 Å². The van der Waals surface area contributed by atoms with E-state index in [4.69, 9.17) is 4.42 Å². The molecule has 1 N–H and O–H groups in total. The van der Waals surface area contributed by atoms with Gasteiger partial charge in [-0.3, -0.25) is 0 Å². The molecular weight excluding hydrogens is 186 g/mol. The lowest BCUT2D eigenvalue weighted by molar-refractivity contribution is 0.357. The van der Waals surface area contributed by atoms with E-state index in [1.807, 2.05) is 13.8 Å². The van der Waals surface area contributed by atoms with Crippen molar-refractivity contribution in [3.8, 4) is 0 Å². The Morgan fingerprint density at radius 2 is 1.60 bits per heavy atom. The Kier molecular flexibility index (Phi) is 3.29. The van der Waals surface area contributed by atoms with E-state index in [9.17, 15) is 0 Å². The summed E-state index contributed by atoms with van der Waals surface area (Å²) in [6.07, 6.45) is 0. The third-order valence-corrected chi connectivity index (χ3v) is 2.84. The highest BCUT2D eigenvalue weighted by Gasteiger charge is 2.28. The molecule has 0 aliphatic carbocycles. The molecule has 2 heteroatoms. The Labute approximate surface area is 93.1 Å². The Hall–Kier alpha value is -0.760. The molecule has 0 aliphatic rings. The normalized spacial score (nSPS) is 12.5. The van der Waals surface area contributed by atoms with Gasteiger partial charge in [-0.25, -0.2) is 0 Å². The minimum atomic E-state index is -0.0277. The van der Waals surface area contributed by atoms with Gasteiger partial charge in [-0.05, 0) is 40.2 Å². The van der Waals surface area contributed by atoms with Gasteiger partial charge in [0.1, 0.15) is 11.5 Å². The van der Waals surface area contributed by atoms with Crippen molar-refractivity contribution in [1.82, 2.24) is 5.32 Å². The first-order valence-electron chi connectivity index (χ1n) is 5.60. The fourth-order valence-electron chi connectivity index (χ4n) is 2.50. The van der Waals surface area contributed by atoms with Crippen LogP contribution in [0.4, 0.5) is 0 Å². The fourth-order valence-corrected chi connectivity index (χ4v) is 2.50. The Morgan fingerprint density at radius 3 is 1.93 bits per heavy atom. The zero-order valence-electron chi connectivity index (χ0n) is 11.0. The molecule has 0 aromatic carbocycles. The lowest BCUT2D eigenvalue weighted by atomic mass is 9.90. The highest BCUT2D eigenvalue weighted by Crippen LogP contribution is 2.31. The van der Waals surface area contributed by atoms with Crippen molar-refractivity contribution in [2.24, 2.45) is 0 Å². The number of aryl methyl sites for hydroxylation is 2. The Balaban J connectivity index is 3.14. The largest absolute Gasteiger partial charge is 0.466 e. The van der Waals surface area contributed by atoms with Gasteiger partial charge in [0.15, 0.2) is 0 Å². The average Bonchev–Trinajstić information content (AvgIpc) is 2.23. The van der Waals surface area contributed by atoms with E-state index in [0.717, 1.165) is 11.5 Å². The molecule has 1 heterocycles. The van der Waals surface area contributed by atoms with Crippen LogP contribution in [0.5, 0.6) is 0 Å². The molecule has 1 aromatic heterocycles. The summed E-state index contributed by atoms with van der Waals surface area (Å²) in [7, 11) is 0. The van der Waals surface area contributed by atoms with Crippen molar-refractivity contribution >= 4 is 0 Å². The second-order valence-electron chi connectivity index (χ2n) is 5.14. The van der Waals surface area contributed by atoms with Crippen LogP contribution in [-0.4, -0.2) is 6.04 Å². The van der Waals surface area contributed by atoms with E-state index in [0.29, 0.717) is 6.04 Å². The minimum Gasteiger partial charge on any atom is -0.466 e. The smallest absolute Gasteiger partial charge is 0.106 e. The zero-order valence-corrected chi connectivity index (χ0v) is 11.0. The van der Waals surface area contributed by atoms with Crippen LogP contribution in [0.2, 0.25) is 0 Å². The van der Waals surface area contributed by atoms with E-state index >= 15 is 0 Å². The van der Waals surface area contributed by atoms with E-state index in [2.05, 4.69) is 39.9 Å². The molecule has 0 amide bonds. The van der Waals surface area contributed by atoms with Gasteiger partial charge in [-0.2, -0.15) is 0 Å². The summed E-state index contributed by atoms with van der Waals surface area (Å²) in [5, 5.41) is 3.57. The molecule has 0 bridgehead atoms. The van der Waals surface area contributed by atoms with Crippen molar-refractivity contribution in [1.29, 1.82) is 0 Å². The summed E-state index contributed by atoms with van der Waals surface area (Å²) in [4.78, 5) is 0. The third-order valence-electron chi connectivity index (χ3n) is 2.84. The van der Waals surface area contributed by atoms with Gasteiger partial charge in [0.05, 0.1) is 0 Å². The lowest BCUT2D eigenvalue weighted by Crippen LogP contribution is -2.41. The number of nitrogens with one attached hydrogen (secondary N) is 1. The lowest BCUT2D eigenvalue weighted by Gasteiger charge is -2.29. The first-order chi connectivity index (χ1) is 6.75. The van der Waals surface area contributed by atoms with Crippen molar-refractivity contribution in [2.45, 2.75) is 60.0 Å². The number of furan rings is 1. The highest BCUT2D eigenvalue weighted by atomic mass is 16.3. The summed E-state index contributed by atoms with van der Waals surface area (Å²) >= 11 is 0. The molecule has 1 aromatic rings. The molecule has 0 radical (unpaired) electrons. The molecule has 0 saturated heterocycles. The number of rotatable bonds is 3. The van der Waals surface area contributed by atoms with Crippen molar-refractivity contribution in [2.75, 3.05) is 0 Å². The van der Waals surface area contributed by atoms with Gasteiger partial charge in [-0.15, -0.1) is 0 Å².